The Morgan fingerprint density at radius 2 is 1.85 bits per heavy atom. The molecule has 1 saturated heterocycles. The summed E-state index contributed by atoms with van der Waals surface area (Å²) in [4.78, 5) is 33.0. The van der Waals surface area contributed by atoms with Crippen molar-refractivity contribution in [2.24, 2.45) is 22.6 Å². The number of rotatable bonds is 7. The fraction of sp³-hybridized carbons (Fsp3) is 0.375. The summed E-state index contributed by atoms with van der Waals surface area (Å²) in [5.41, 5.74) is 8.14. The SMILES string of the molecule is CN(C)CC(=O)Nc1c(Cl)cc(CN/C(N)=N\C(=O)C2C3CC3CN2c2ccccc2)cc1Cl. The molecule has 2 amide bonds. The number of halogens is 2. The Balaban J connectivity index is 1.38. The van der Waals surface area contributed by atoms with Crippen molar-refractivity contribution >= 4 is 52.4 Å². The molecular weight excluding hydrogens is 475 g/mol. The highest BCUT2D eigenvalue weighted by Crippen LogP contribution is 2.51. The summed E-state index contributed by atoms with van der Waals surface area (Å²) in [6, 6.07) is 13.0. The molecule has 10 heteroatoms. The molecule has 2 fully saturated rings. The number of anilines is 2. The van der Waals surface area contributed by atoms with Gasteiger partial charge in [0.05, 0.1) is 22.3 Å². The van der Waals surface area contributed by atoms with Crippen molar-refractivity contribution in [2.75, 3.05) is 37.4 Å². The van der Waals surface area contributed by atoms with Gasteiger partial charge in [0.1, 0.15) is 6.04 Å². The minimum absolute atomic E-state index is 0.0396. The maximum Gasteiger partial charge on any atom is 0.271 e. The number of para-hydroxylation sites is 1. The fourth-order valence-corrected chi connectivity index (χ4v) is 5.02. The normalized spacial score (nSPS) is 21.4. The monoisotopic (exact) mass is 502 g/mol. The second kappa shape index (κ2) is 10.2. The predicted octanol–water partition coefficient (Wildman–Crippen LogP) is 2.95. The lowest BCUT2D eigenvalue weighted by Crippen LogP contribution is -2.41. The molecule has 34 heavy (non-hydrogen) atoms. The lowest BCUT2D eigenvalue weighted by atomic mass is 10.1. The summed E-state index contributed by atoms with van der Waals surface area (Å²) in [5.74, 6) is 0.451. The minimum Gasteiger partial charge on any atom is -0.370 e. The van der Waals surface area contributed by atoms with Gasteiger partial charge in [0.2, 0.25) is 5.91 Å². The summed E-state index contributed by atoms with van der Waals surface area (Å²) in [5, 5.41) is 6.30. The highest BCUT2D eigenvalue weighted by atomic mass is 35.5. The number of nitrogens with zero attached hydrogens (tertiary/aromatic N) is 3. The number of nitrogens with one attached hydrogen (secondary N) is 2. The van der Waals surface area contributed by atoms with Gasteiger partial charge < -0.3 is 26.2 Å². The smallest absolute Gasteiger partial charge is 0.271 e. The van der Waals surface area contributed by atoms with Gasteiger partial charge in [-0.2, -0.15) is 4.99 Å². The van der Waals surface area contributed by atoms with Crippen LogP contribution in [0.25, 0.3) is 0 Å². The number of hydrogen-bond donors (Lipinski definition) is 3. The molecule has 0 bridgehead atoms. The lowest BCUT2D eigenvalue weighted by Gasteiger charge is -2.27. The highest BCUT2D eigenvalue weighted by molar-refractivity contribution is 6.39. The standard InChI is InChI=1S/C24H28Cl2N6O2/c1-31(2)13-20(33)29-21-18(25)8-14(9-19(21)26)11-28-24(27)30-23(34)22-17-10-15(17)12-32(22)16-6-4-3-5-7-16/h3-9,15,17,22H,10-13H2,1-2H3,(H,29,33)(H3,27,28,30,34). The van der Waals surface area contributed by atoms with Gasteiger partial charge in [-0.1, -0.05) is 41.4 Å². The third-order valence-electron chi connectivity index (χ3n) is 6.02. The van der Waals surface area contributed by atoms with Crippen LogP contribution in [0.4, 0.5) is 11.4 Å². The number of piperidine rings is 1. The molecule has 2 aliphatic rings. The summed E-state index contributed by atoms with van der Waals surface area (Å²) in [7, 11) is 3.59. The topological polar surface area (TPSA) is 103 Å². The van der Waals surface area contributed by atoms with E-state index in [9.17, 15) is 9.59 Å². The van der Waals surface area contributed by atoms with E-state index in [0.717, 1.165) is 24.2 Å². The van der Waals surface area contributed by atoms with Gasteiger partial charge in [-0.05, 0) is 62.2 Å². The lowest BCUT2D eigenvalue weighted by molar-refractivity contribution is -0.119. The zero-order valence-corrected chi connectivity index (χ0v) is 20.6. The summed E-state index contributed by atoms with van der Waals surface area (Å²) in [6.45, 7) is 1.34. The van der Waals surface area contributed by atoms with Gasteiger partial charge in [-0.25, -0.2) is 0 Å². The molecule has 1 aliphatic heterocycles. The van der Waals surface area contributed by atoms with Crippen LogP contribution >= 0.6 is 23.2 Å². The number of guanidine groups is 1. The Morgan fingerprint density at radius 3 is 2.50 bits per heavy atom. The first kappa shape index (κ1) is 24.3. The zero-order chi connectivity index (χ0) is 24.4. The first-order valence-electron chi connectivity index (χ1n) is 11.1. The van der Waals surface area contributed by atoms with Crippen molar-refractivity contribution in [3.05, 3.63) is 58.1 Å². The molecule has 3 atom stereocenters. The summed E-state index contributed by atoms with van der Waals surface area (Å²) < 4.78 is 0. The fourth-order valence-electron chi connectivity index (χ4n) is 4.40. The molecule has 8 nitrogen and oxygen atoms in total. The maximum atomic E-state index is 13.0. The van der Waals surface area contributed by atoms with Crippen molar-refractivity contribution in [3.8, 4) is 0 Å². The number of carbonyl (C=O) groups excluding carboxylic acids is 2. The predicted molar refractivity (Wildman–Crippen MR) is 136 cm³/mol. The molecule has 180 valence electrons. The van der Waals surface area contributed by atoms with Crippen LogP contribution < -0.4 is 21.3 Å². The Morgan fingerprint density at radius 1 is 1.18 bits per heavy atom. The number of benzene rings is 2. The molecule has 2 aromatic carbocycles. The molecule has 2 aromatic rings. The molecule has 4 rings (SSSR count). The zero-order valence-electron chi connectivity index (χ0n) is 19.1. The molecule has 0 radical (unpaired) electrons. The maximum absolute atomic E-state index is 13.0. The van der Waals surface area contributed by atoms with Crippen LogP contribution in [0.5, 0.6) is 0 Å². The third-order valence-corrected chi connectivity index (χ3v) is 6.62. The van der Waals surface area contributed by atoms with Gasteiger partial charge in [-0.15, -0.1) is 0 Å². The van der Waals surface area contributed by atoms with Crippen molar-refractivity contribution in [1.29, 1.82) is 0 Å². The number of likely N-dealkylation sites (N-methyl/N-ethyl adjacent to an activating group) is 1. The summed E-state index contributed by atoms with van der Waals surface area (Å²) in [6.07, 6.45) is 1.05. The number of carbonyl (C=O) groups is 2. The number of hydrogen-bond acceptors (Lipinski definition) is 4. The highest BCUT2D eigenvalue weighted by Gasteiger charge is 2.55. The molecule has 1 heterocycles. The molecule has 1 aliphatic carbocycles. The van der Waals surface area contributed by atoms with E-state index in [1.807, 2.05) is 30.3 Å². The van der Waals surface area contributed by atoms with E-state index in [1.54, 1.807) is 31.1 Å². The minimum atomic E-state index is -0.290. The van der Waals surface area contributed by atoms with E-state index < -0.39 is 0 Å². The Kier molecular flexibility index (Phi) is 7.30. The van der Waals surface area contributed by atoms with Crippen molar-refractivity contribution < 1.29 is 9.59 Å². The average Bonchev–Trinajstić information content (AvgIpc) is 3.44. The Bertz CT molecular complexity index is 1080. The van der Waals surface area contributed by atoms with E-state index in [2.05, 4.69) is 20.5 Å². The second-order valence-corrected chi connectivity index (χ2v) is 9.82. The number of fused-ring (bicyclic) bond motifs is 1. The van der Waals surface area contributed by atoms with Crippen molar-refractivity contribution in [2.45, 2.75) is 19.0 Å². The number of amides is 2. The van der Waals surface area contributed by atoms with Gasteiger partial charge in [0.15, 0.2) is 5.96 Å². The molecule has 4 N–H and O–H groups in total. The molecule has 0 aromatic heterocycles. The largest absolute Gasteiger partial charge is 0.370 e. The van der Waals surface area contributed by atoms with Crippen LogP contribution in [0.2, 0.25) is 10.0 Å². The Hall–Kier alpha value is -2.81. The van der Waals surface area contributed by atoms with Crippen LogP contribution in [-0.2, 0) is 16.1 Å². The first-order valence-corrected chi connectivity index (χ1v) is 11.8. The van der Waals surface area contributed by atoms with Gasteiger partial charge in [0, 0.05) is 18.8 Å². The quantitative estimate of drug-likeness (QED) is 0.397. The molecule has 0 spiro atoms. The van der Waals surface area contributed by atoms with E-state index in [1.165, 1.54) is 0 Å². The third kappa shape index (κ3) is 5.63. The number of aliphatic imine (C=N–C) groups is 1. The summed E-state index contributed by atoms with van der Waals surface area (Å²) >= 11 is 12.7. The molecular formula is C24H28Cl2N6O2. The van der Waals surface area contributed by atoms with Crippen LogP contribution in [0.15, 0.2) is 47.5 Å². The van der Waals surface area contributed by atoms with Crippen LogP contribution in [-0.4, -0.2) is 55.9 Å². The first-order chi connectivity index (χ1) is 16.2. The van der Waals surface area contributed by atoms with Crippen molar-refractivity contribution in [3.63, 3.8) is 0 Å². The molecule has 3 unspecified atom stereocenters. The molecule has 1 saturated carbocycles. The van der Waals surface area contributed by atoms with E-state index in [0.29, 0.717) is 27.6 Å². The van der Waals surface area contributed by atoms with Crippen LogP contribution in [0.1, 0.15) is 12.0 Å². The second-order valence-electron chi connectivity index (χ2n) is 9.00. The van der Waals surface area contributed by atoms with E-state index in [-0.39, 0.29) is 36.9 Å². The Labute approximate surface area is 209 Å². The number of nitrogens with two attached hydrogens (primary N) is 1. The van der Waals surface area contributed by atoms with Gasteiger partial charge >= 0.3 is 0 Å². The van der Waals surface area contributed by atoms with E-state index in [4.69, 9.17) is 28.9 Å². The van der Waals surface area contributed by atoms with Crippen LogP contribution in [0.3, 0.4) is 0 Å². The van der Waals surface area contributed by atoms with E-state index >= 15 is 0 Å². The van der Waals surface area contributed by atoms with Crippen LogP contribution in [0, 0.1) is 11.8 Å². The van der Waals surface area contributed by atoms with Gasteiger partial charge in [-0.3, -0.25) is 9.59 Å². The van der Waals surface area contributed by atoms with Crippen molar-refractivity contribution in [1.82, 2.24) is 10.2 Å². The average molecular weight is 503 g/mol. The van der Waals surface area contributed by atoms with Gasteiger partial charge in [0.25, 0.3) is 5.91 Å².